The van der Waals surface area contributed by atoms with Gasteiger partial charge < -0.3 is 20.7 Å². The van der Waals surface area contributed by atoms with Crippen molar-refractivity contribution >= 4 is 11.8 Å². The number of piperidine rings is 1. The van der Waals surface area contributed by atoms with Crippen molar-refractivity contribution in [2.45, 2.75) is 70.1 Å². The predicted octanol–water partition coefficient (Wildman–Crippen LogP) is 2.05. The van der Waals surface area contributed by atoms with Gasteiger partial charge in [0.15, 0.2) is 0 Å². The van der Waals surface area contributed by atoms with Crippen LogP contribution in [0, 0.1) is 0 Å². The monoisotopic (exact) mass is 359 g/mol. The van der Waals surface area contributed by atoms with Gasteiger partial charge in [-0.3, -0.25) is 9.59 Å². The minimum Gasteiger partial charge on any atom is -0.494 e. The van der Waals surface area contributed by atoms with E-state index in [0.717, 1.165) is 18.4 Å². The van der Waals surface area contributed by atoms with E-state index in [1.54, 1.807) is 0 Å². The fraction of sp³-hybridized carbons (Fsp3) is 0.600. The zero-order valence-corrected chi connectivity index (χ0v) is 15.6. The molecular formula is C20H29N3O3. The minimum atomic E-state index is -0.395. The van der Waals surface area contributed by atoms with Crippen LogP contribution in [-0.2, 0) is 9.59 Å². The van der Waals surface area contributed by atoms with Crippen molar-refractivity contribution in [2.75, 3.05) is 6.61 Å². The molecule has 2 fully saturated rings. The number of ether oxygens (including phenoxy) is 1. The molecule has 3 N–H and O–H groups in total. The molecule has 0 spiro atoms. The lowest BCUT2D eigenvalue weighted by molar-refractivity contribution is -0.123. The van der Waals surface area contributed by atoms with Gasteiger partial charge in [0.2, 0.25) is 11.8 Å². The first-order valence-corrected chi connectivity index (χ1v) is 9.59. The average Bonchev–Trinajstić information content (AvgIpc) is 2.93. The number of fused-ring (bicyclic) bond motifs is 2. The first-order valence-electron chi connectivity index (χ1n) is 9.59. The standard InChI is InChI=1S/C20H29N3O3/c1-3-26-19-7-5-4-6-17(19)18(21-13(2)24)12-20(25)23-16-10-14-8-9-15(11-16)22-14/h4-7,14-16,18,22H,3,8-12H2,1-2H3,(H,21,24)(H,23,25). The number of hydrogen-bond donors (Lipinski definition) is 3. The summed E-state index contributed by atoms with van der Waals surface area (Å²) in [7, 11) is 0. The molecule has 6 nitrogen and oxygen atoms in total. The Kier molecular flexibility index (Phi) is 6.14. The highest BCUT2D eigenvalue weighted by Crippen LogP contribution is 2.29. The number of carbonyl (C=O) groups is 2. The number of para-hydroxylation sites is 1. The highest BCUT2D eigenvalue weighted by atomic mass is 16.5. The molecule has 0 radical (unpaired) electrons. The molecule has 2 bridgehead atoms. The molecule has 0 aromatic heterocycles. The van der Waals surface area contributed by atoms with Crippen LogP contribution >= 0.6 is 0 Å². The Labute approximate surface area is 155 Å². The van der Waals surface area contributed by atoms with Crippen molar-refractivity contribution in [1.82, 2.24) is 16.0 Å². The van der Waals surface area contributed by atoms with Gasteiger partial charge in [-0.25, -0.2) is 0 Å². The molecule has 26 heavy (non-hydrogen) atoms. The van der Waals surface area contributed by atoms with Gasteiger partial charge in [-0.15, -0.1) is 0 Å². The molecule has 142 valence electrons. The van der Waals surface area contributed by atoms with Gasteiger partial charge in [-0.1, -0.05) is 18.2 Å². The van der Waals surface area contributed by atoms with Crippen LogP contribution in [-0.4, -0.2) is 36.5 Å². The first kappa shape index (κ1) is 18.7. The smallest absolute Gasteiger partial charge is 0.222 e. The van der Waals surface area contributed by atoms with Gasteiger partial charge in [-0.05, 0) is 38.7 Å². The van der Waals surface area contributed by atoms with E-state index in [-0.39, 0.29) is 24.3 Å². The molecule has 3 atom stereocenters. The average molecular weight is 359 g/mol. The quantitative estimate of drug-likeness (QED) is 0.696. The number of benzene rings is 1. The summed E-state index contributed by atoms with van der Waals surface area (Å²) >= 11 is 0. The van der Waals surface area contributed by atoms with E-state index in [9.17, 15) is 9.59 Å². The normalized spacial score (nSPS) is 25.4. The van der Waals surface area contributed by atoms with Crippen LogP contribution in [0.3, 0.4) is 0 Å². The lowest BCUT2D eigenvalue weighted by Crippen LogP contribution is -2.48. The predicted molar refractivity (Wildman–Crippen MR) is 99.9 cm³/mol. The molecule has 2 amide bonds. The lowest BCUT2D eigenvalue weighted by Gasteiger charge is -2.30. The van der Waals surface area contributed by atoms with Crippen LogP contribution in [0.4, 0.5) is 0 Å². The van der Waals surface area contributed by atoms with Crippen LogP contribution in [0.15, 0.2) is 24.3 Å². The summed E-state index contributed by atoms with van der Waals surface area (Å²) in [5.74, 6) is 0.525. The van der Waals surface area contributed by atoms with Crippen molar-refractivity contribution < 1.29 is 14.3 Å². The van der Waals surface area contributed by atoms with E-state index < -0.39 is 6.04 Å². The fourth-order valence-corrected chi connectivity index (χ4v) is 4.19. The highest BCUT2D eigenvalue weighted by molar-refractivity contribution is 5.79. The van der Waals surface area contributed by atoms with Crippen LogP contribution in [0.5, 0.6) is 5.75 Å². The van der Waals surface area contributed by atoms with E-state index in [1.165, 1.54) is 19.8 Å². The van der Waals surface area contributed by atoms with Gasteiger partial charge in [0.1, 0.15) is 5.75 Å². The van der Waals surface area contributed by atoms with Crippen molar-refractivity contribution in [3.8, 4) is 5.75 Å². The van der Waals surface area contributed by atoms with Gasteiger partial charge in [0.25, 0.3) is 0 Å². The van der Waals surface area contributed by atoms with Crippen molar-refractivity contribution in [3.63, 3.8) is 0 Å². The Morgan fingerprint density at radius 1 is 1.23 bits per heavy atom. The molecule has 2 aliphatic rings. The Morgan fingerprint density at radius 3 is 2.58 bits per heavy atom. The third-order valence-electron chi connectivity index (χ3n) is 5.20. The topological polar surface area (TPSA) is 79.5 Å². The zero-order valence-electron chi connectivity index (χ0n) is 15.6. The number of amides is 2. The van der Waals surface area contributed by atoms with E-state index in [4.69, 9.17) is 4.74 Å². The molecule has 2 aliphatic heterocycles. The molecule has 0 saturated carbocycles. The molecule has 1 aromatic rings. The van der Waals surface area contributed by atoms with Crippen LogP contribution in [0.1, 0.15) is 57.6 Å². The largest absolute Gasteiger partial charge is 0.494 e. The molecule has 1 aromatic carbocycles. The molecule has 2 heterocycles. The lowest BCUT2D eigenvalue weighted by atomic mass is 9.98. The summed E-state index contributed by atoms with van der Waals surface area (Å²) in [6.07, 6.45) is 4.59. The van der Waals surface area contributed by atoms with Crippen molar-refractivity contribution in [3.05, 3.63) is 29.8 Å². The zero-order chi connectivity index (χ0) is 18.5. The number of carbonyl (C=O) groups excluding carboxylic acids is 2. The van der Waals surface area contributed by atoms with Crippen LogP contribution in [0.2, 0.25) is 0 Å². The Morgan fingerprint density at radius 2 is 1.92 bits per heavy atom. The van der Waals surface area contributed by atoms with Crippen LogP contribution < -0.4 is 20.7 Å². The maximum Gasteiger partial charge on any atom is 0.222 e. The van der Waals surface area contributed by atoms with E-state index in [1.807, 2.05) is 31.2 Å². The number of hydrogen-bond acceptors (Lipinski definition) is 4. The summed E-state index contributed by atoms with van der Waals surface area (Å²) in [5, 5.41) is 9.66. The second-order valence-electron chi connectivity index (χ2n) is 7.30. The molecule has 3 unspecified atom stereocenters. The molecule has 2 saturated heterocycles. The van der Waals surface area contributed by atoms with E-state index in [0.29, 0.717) is 24.4 Å². The Bertz CT molecular complexity index is 637. The van der Waals surface area contributed by atoms with E-state index in [2.05, 4.69) is 16.0 Å². The van der Waals surface area contributed by atoms with Crippen molar-refractivity contribution in [1.29, 1.82) is 0 Å². The third-order valence-corrected chi connectivity index (χ3v) is 5.20. The van der Waals surface area contributed by atoms with Gasteiger partial charge >= 0.3 is 0 Å². The minimum absolute atomic E-state index is 0.0265. The summed E-state index contributed by atoms with van der Waals surface area (Å²) < 4.78 is 5.68. The number of rotatable bonds is 7. The molecule has 3 rings (SSSR count). The second-order valence-corrected chi connectivity index (χ2v) is 7.30. The summed E-state index contributed by atoms with van der Waals surface area (Å²) in [6, 6.07) is 8.46. The van der Waals surface area contributed by atoms with Crippen LogP contribution in [0.25, 0.3) is 0 Å². The summed E-state index contributed by atoms with van der Waals surface area (Å²) in [6.45, 7) is 3.93. The van der Waals surface area contributed by atoms with Gasteiger partial charge in [0, 0.05) is 30.6 Å². The van der Waals surface area contributed by atoms with E-state index >= 15 is 0 Å². The SMILES string of the molecule is CCOc1ccccc1C(CC(=O)NC1CC2CCC(C1)N2)NC(C)=O. The third kappa shape index (κ3) is 4.75. The van der Waals surface area contributed by atoms with Crippen molar-refractivity contribution in [2.24, 2.45) is 0 Å². The van der Waals surface area contributed by atoms with Gasteiger partial charge in [0.05, 0.1) is 19.1 Å². The first-order chi connectivity index (χ1) is 12.5. The fourth-order valence-electron chi connectivity index (χ4n) is 4.19. The second kappa shape index (κ2) is 8.54. The molecular weight excluding hydrogens is 330 g/mol. The Hall–Kier alpha value is -2.08. The molecule has 0 aliphatic carbocycles. The molecule has 6 heteroatoms. The Balaban J connectivity index is 1.66. The maximum atomic E-state index is 12.7. The maximum absolute atomic E-state index is 12.7. The summed E-state index contributed by atoms with van der Waals surface area (Å²) in [4.78, 5) is 24.3. The number of nitrogens with one attached hydrogen (secondary N) is 3. The van der Waals surface area contributed by atoms with Gasteiger partial charge in [-0.2, -0.15) is 0 Å². The highest BCUT2D eigenvalue weighted by Gasteiger charge is 2.34. The summed E-state index contributed by atoms with van der Waals surface area (Å²) in [5.41, 5.74) is 0.838.